The van der Waals surface area contributed by atoms with Crippen LogP contribution in [0.15, 0.2) is 59.4 Å². The van der Waals surface area contributed by atoms with E-state index in [9.17, 15) is 14.9 Å². The van der Waals surface area contributed by atoms with Crippen molar-refractivity contribution < 1.29 is 4.92 Å². The van der Waals surface area contributed by atoms with Crippen LogP contribution in [-0.2, 0) is 0 Å². The van der Waals surface area contributed by atoms with Gasteiger partial charge in [-0.15, -0.1) is 0 Å². The van der Waals surface area contributed by atoms with E-state index in [0.29, 0.717) is 32.5 Å². The van der Waals surface area contributed by atoms with E-state index in [2.05, 4.69) is 15.3 Å². The molecule has 0 aliphatic heterocycles. The molecule has 1 aromatic heterocycles. The first-order valence-electron chi connectivity index (χ1n) is 9.28. The lowest BCUT2D eigenvalue weighted by Gasteiger charge is -2.09. The van der Waals surface area contributed by atoms with E-state index in [1.807, 2.05) is 12.1 Å². The monoisotopic (exact) mass is 467 g/mol. The summed E-state index contributed by atoms with van der Waals surface area (Å²) in [5.41, 5.74) is 7.69. The standard InChI is InChI=1S/C22H15Cl2N5O3/c23-18-8-7-15(10-19(18)24)26-22-27-20-13(4-1-12-2-5-14(25)6-3-12)9-16(29(31)32)11-17(20)21(30)28-22/h1-11H,25H2,(H2,26,27,28,30)/b4-1+. The lowest BCUT2D eigenvalue weighted by atomic mass is 10.1. The van der Waals surface area contributed by atoms with Crippen molar-refractivity contribution in [3.05, 3.63) is 96.2 Å². The molecule has 0 unspecified atom stereocenters. The van der Waals surface area contributed by atoms with Crippen molar-refractivity contribution in [1.29, 1.82) is 0 Å². The van der Waals surface area contributed by atoms with Crippen molar-refractivity contribution in [3.8, 4) is 0 Å². The largest absolute Gasteiger partial charge is 0.399 e. The van der Waals surface area contributed by atoms with E-state index in [4.69, 9.17) is 28.9 Å². The van der Waals surface area contributed by atoms with E-state index >= 15 is 0 Å². The van der Waals surface area contributed by atoms with Crippen LogP contribution >= 0.6 is 23.2 Å². The van der Waals surface area contributed by atoms with Crippen LogP contribution in [0.3, 0.4) is 0 Å². The summed E-state index contributed by atoms with van der Waals surface area (Å²) in [5.74, 6) is 0.150. The van der Waals surface area contributed by atoms with Gasteiger partial charge in [-0.3, -0.25) is 19.9 Å². The molecule has 4 N–H and O–H groups in total. The lowest BCUT2D eigenvalue weighted by Crippen LogP contribution is -2.12. The quantitative estimate of drug-likeness (QED) is 0.151. The molecule has 0 aliphatic carbocycles. The topological polar surface area (TPSA) is 127 Å². The molecule has 0 fully saturated rings. The third kappa shape index (κ3) is 4.56. The maximum atomic E-state index is 12.7. The van der Waals surface area contributed by atoms with Crippen LogP contribution in [0.25, 0.3) is 23.1 Å². The lowest BCUT2D eigenvalue weighted by molar-refractivity contribution is -0.384. The summed E-state index contributed by atoms with van der Waals surface area (Å²) in [6.07, 6.45) is 3.42. The van der Waals surface area contributed by atoms with Crippen LogP contribution in [0.1, 0.15) is 11.1 Å². The Morgan fingerprint density at radius 2 is 1.78 bits per heavy atom. The Kier molecular flexibility index (Phi) is 5.81. The average Bonchev–Trinajstić information content (AvgIpc) is 2.76. The average molecular weight is 468 g/mol. The predicted octanol–water partition coefficient (Wildman–Crippen LogP) is 5.63. The Balaban J connectivity index is 1.82. The maximum absolute atomic E-state index is 12.7. The van der Waals surface area contributed by atoms with Crippen molar-refractivity contribution in [3.63, 3.8) is 0 Å². The highest BCUT2D eigenvalue weighted by atomic mass is 35.5. The molecule has 4 aromatic rings. The number of nitrogen functional groups attached to an aromatic ring is 1. The maximum Gasteiger partial charge on any atom is 0.270 e. The minimum atomic E-state index is -0.554. The fraction of sp³-hybridized carbons (Fsp3) is 0. The zero-order chi connectivity index (χ0) is 22.8. The molecule has 4 rings (SSSR count). The SMILES string of the molecule is Nc1ccc(/C=C/c2cc([N+](=O)[O-])cc3c(=O)[nH]c(Nc4ccc(Cl)c(Cl)c4)nc23)cc1. The molecule has 0 atom stereocenters. The molecular formula is C22H15Cl2N5O3. The Morgan fingerprint density at radius 3 is 2.47 bits per heavy atom. The number of nitrogens with zero attached hydrogens (tertiary/aromatic N) is 2. The van der Waals surface area contributed by atoms with Crippen LogP contribution < -0.4 is 16.6 Å². The normalized spacial score (nSPS) is 11.2. The molecule has 160 valence electrons. The zero-order valence-corrected chi connectivity index (χ0v) is 17.8. The minimum absolute atomic E-state index is 0.0934. The highest BCUT2D eigenvalue weighted by Crippen LogP contribution is 2.28. The van der Waals surface area contributed by atoms with Crippen molar-refractivity contribution in [2.24, 2.45) is 0 Å². The number of aromatic amines is 1. The Hall–Kier alpha value is -3.88. The summed E-state index contributed by atoms with van der Waals surface area (Å²) < 4.78 is 0. The van der Waals surface area contributed by atoms with E-state index in [-0.39, 0.29) is 17.0 Å². The second-order valence-electron chi connectivity index (χ2n) is 6.86. The van der Waals surface area contributed by atoms with Crippen LogP contribution in [0.2, 0.25) is 10.0 Å². The zero-order valence-electron chi connectivity index (χ0n) is 16.3. The number of halogens is 2. The molecular weight excluding hydrogens is 453 g/mol. The van der Waals surface area contributed by atoms with Gasteiger partial charge in [0.05, 0.1) is 25.9 Å². The van der Waals surface area contributed by atoms with Gasteiger partial charge in [0.1, 0.15) is 0 Å². The second kappa shape index (κ2) is 8.70. The third-order valence-corrected chi connectivity index (χ3v) is 5.35. The van der Waals surface area contributed by atoms with Gasteiger partial charge in [-0.1, -0.05) is 47.5 Å². The number of aromatic nitrogens is 2. The molecule has 0 saturated heterocycles. The van der Waals surface area contributed by atoms with Crippen molar-refractivity contribution in [1.82, 2.24) is 9.97 Å². The van der Waals surface area contributed by atoms with E-state index in [1.165, 1.54) is 12.1 Å². The van der Waals surface area contributed by atoms with Crippen LogP contribution in [0.5, 0.6) is 0 Å². The van der Waals surface area contributed by atoms with Crippen LogP contribution in [-0.4, -0.2) is 14.9 Å². The molecule has 0 saturated carbocycles. The molecule has 8 nitrogen and oxygen atoms in total. The number of fused-ring (bicyclic) bond motifs is 1. The fourth-order valence-electron chi connectivity index (χ4n) is 3.05. The number of nitrogens with two attached hydrogens (primary N) is 1. The highest BCUT2D eigenvalue weighted by molar-refractivity contribution is 6.42. The molecule has 0 radical (unpaired) electrons. The van der Waals surface area contributed by atoms with Crippen molar-refractivity contribution >= 4 is 69.3 Å². The number of hydrogen-bond donors (Lipinski definition) is 3. The van der Waals surface area contributed by atoms with Gasteiger partial charge in [-0.05, 0) is 35.9 Å². The minimum Gasteiger partial charge on any atom is -0.399 e. The van der Waals surface area contributed by atoms with Gasteiger partial charge in [-0.25, -0.2) is 4.98 Å². The number of nitro groups is 1. The number of hydrogen-bond acceptors (Lipinski definition) is 6. The van der Waals surface area contributed by atoms with Crippen LogP contribution in [0.4, 0.5) is 23.0 Å². The van der Waals surface area contributed by atoms with Gasteiger partial charge >= 0.3 is 0 Å². The van der Waals surface area contributed by atoms with Gasteiger partial charge in [0.2, 0.25) is 5.95 Å². The smallest absolute Gasteiger partial charge is 0.270 e. The number of rotatable bonds is 5. The number of nitrogens with one attached hydrogen (secondary N) is 2. The first-order chi connectivity index (χ1) is 15.3. The molecule has 32 heavy (non-hydrogen) atoms. The molecule has 0 aliphatic rings. The molecule has 1 heterocycles. The Bertz CT molecular complexity index is 1430. The molecule has 10 heteroatoms. The van der Waals surface area contributed by atoms with Crippen LogP contribution in [0, 0.1) is 10.1 Å². The van der Waals surface area contributed by atoms with Gasteiger partial charge < -0.3 is 11.1 Å². The number of benzene rings is 3. The number of nitro benzene ring substituents is 1. The number of anilines is 3. The van der Waals surface area contributed by atoms with Gasteiger partial charge in [0, 0.05) is 29.1 Å². The first kappa shape index (κ1) is 21.4. The third-order valence-electron chi connectivity index (χ3n) is 4.61. The summed E-state index contributed by atoms with van der Waals surface area (Å²) in [4.78, 5) is 30.6. The van der Waals surface area contributed by atoms with Gasteiger partial charge in [0.15, 0.2) is 0 Å². The summed E-state index contributed by atoms with van der Waals surface area (Å²) in [6.45, 7) is 0. The van der Waals surface area contributed by atoms with E-state index in [1.54, 1.807) is 42.5 Å². The van der Waals surface area contributed by atoms with Crippen molar-refractivity contribution in [2.75, 3.05) is 11.1 Å². The Labute approximate surface area is 191 Å². The Morgan fingerprint density at radius 1 is 1.03 bits per heavy atom. The molecule has 3 aromatic carbocycles. The van der Waals surface area contributed by atoms with Gasteiger partial charge in [-0.2, -0.15) is 0 Å². The van der Waals surface area contributed by atoms with E-state index < -0.39 is 10.5 Å². The van der Waals surface area contributed by atoms with Gasteiger partial charge in [0.25, 0.3) is 11.2 Å². The molecule has 0 bridgehead atoms. The predicted molar refractivity (Wildman–Crippen MR) is 129 cm³/mol. The molecule has 0 spiro atoms. The summed E-state index contributed by atoms with van der Waals surface area (Å²) in [7, 11) is 0. The van der Waals surface area contributed by atoms with E-state index in [0.717, 1.165) is 5.56 Å². The fourth-order valence-corrected chi connectivity index (χ4v) is 3.35. The first-order valence-corrected chi connectivity index (χ1v) is 10.0. The highest BCUT2D eigenvalue weighted by Gasteiger charge is 2.15. The second-order valence-corrected chi connectivity index (χ2v) is 7.67. The molecule has 0 amide bonds. The number of non-ortho nitro benzene ring substituents is 1. The summed E-state index contributed by atoms with van der Waals surface area (Å²) >= 11 is 12.0. The number of H-pyrrole nitrogens is 1. The van der Waals surface area contributed by atoms with Crippen molar-refractivity contribution in [2.45, 2.75) is 0 Å². The summed E-state index contributed by atoms with van der Waals surface area (Å²) in [5, 5.41) is 15.2. The summed E-state index contributed by atoms with van der Waals surface area (Å²) in [6, 6.07) is 14.5.